The number of likely N-dealkylation sites (tertiary alicyclic amines) is 1. The van der Waals surface area contributed by atoms with Crippen molar-refractivity contribution in [3.8, 4) is 0 Å². The lowest BCUT2D eigenvalue weighted by molar-refractivity contribution is -0.131. The molecule has 1 aromatic rings. The molecule has 0 radical (unpaired) electrons. The standard InChI is InChI=1S/C17H23N3OS.ClH/c21-17(15-12-22-16-4-2-1-3-14(15)16)20-8-5-13(11-20)19-9-6-18-7-10-19;/h1-4,13,15,18H,5-12H2;1H. The number of halogens is 1. The van der Waals surface area contributed by atoms with Gasteiger partial charge in [0.1, 0.15) is 0 Å². The first-order chi connectivity index (χ1) is 10.8. The lowest BCUT2D eigenvalue weighted by Crippen LogP contribution is -2.49. The SMILES string of the molecule is Cl.O=C(C1CSc2ccccc21)N1CCC(N2CCNCC2)C1. The highest BCUT2D eigenvalue weighted by molar-refractivity contribution is 7.99. The van der Waals surface area contributed by atoms with E-state index in [1.54, 1.807) is 0 Å². The second kappa shape index (κ2) is 7.43. The number of hydrogen-bond acceptors (Lipinski definition) is 4. The van der Waals surface area contributed by atoms with Gasteiger partial charge in [-0.2, -0.15) is 0 Å². The molecular weight excluding hydrogens is 330 g/mol. The van der Waals surface area contributed by atoms with E-state index in [-0.39, 0.29) is 18.3 Å². The number of thioether (sulfide) groups is 1. The normalized spacial score (nSPS) is 27.6. The summed E-state index contributed by atoms with van der Waals surface area (Å²) in [5.74, 6) is 1.32. The molecule has 1 amide bonds. The highest BCUT2D eigenvalue weighted by Gasteiger charge is 2.37. The van der Waals surface area contributed by atoms with Crippen molar-refractivity contribution in [2.24, 2.45) is 0 Å². The van der Waals surface area contributed by atoms with Crippen molar-refractivity contribution in [2.45, 2.75) is 23.3 Å². The van der Waals surface area contributed by atoms with E-state index in [2.05, 4.69) is 39.4 Å². The summed E-state index contributed by atoms with van der Waals surface area (Å²) < 4.78 is 0. The molecule has 4 rings (SSSR count). The molecule has 0 aromatic heterocycles. The summed E-state index contributed by atoms with van der Waals surface area (Å²) in [7, 11) is 0. The third-order valence-electron chi connectivity index (χ3n) is 5.14. The largest absolute Gasteiger partial charge is 0.341 e. The minimum atomic E-state index is 0. The first-order valence-electron chi connectivity index (χ1n) is 8.28. The number of carbonyl (C=O) groups is 1. The van der Waals surface area contributed by atoms with Crippen LogP contribution < -0.4 is 5.32 Å². The fourth-order valence-electron chi connectivity index (χ4n) is 3.87. The molecule has 3 aliphatic heterocycles. The van der Waals surface area contributed by atoms with Crippen molar-refractivity contribution in [3.05, 3.63) is 29.8 Å². The fourth-order valence-corrected chi connectivity index (χ4v) is 5.09. The Kier molecular flexibility index (Phi) is 5.52. The van der Waals surface area contributed by atoms with Gasteiger partial charge in [0.15, 0.2) is 0 Å². The summed E-state index contributed by atoms with van der Waals surface area (Å²) in [6.07, 6.45) is 1.13. The van der Waals surface area contributed by atoms with Crippen molar-refractivity contribution < 1.29 is 4.79 Å². The smallest absolute Gasteiger partial charge is 0.231 e. The zero-order valence-corrected chi connectivity index (χ0v) is 14.9. The van der Waals surface area contributed by atoms with Crippen molar-refractivity contribution in [2.75, 3.05) is 45.0 Å². The van der Waals surface area contributed by atoms with Gasteiger partial charge < -0.3 is 10.2 Å². The fraction of sp³-hybridized carbons (Fsp3) is 0.588. The number of carbonyl (C=O) groups excluding carboxylic acids is 1. The van der Waals surface area contributed by atoms with Gasteiger partial charge in [-0.15, -0.1) is 24.2 Å². The molecule has 2 saturated heterocycles. The van der Waals surface area contributed by atoms with Gasteiger partial charge in [-0.05, 0) is 18.1 Å². The van der Waals surface area contributed by atoms with Gasteiger partial charge in [-0.25, -0.2) is 0 Å². The molecule has 2 unspecified atom stereocenters. The monoisotopic (exact) mass is 353 g/mol. The van der Waals surface area contributed by atoms with Crippen molar-refractivity contribution in [1.82, 2.24) is 15.1 Å². The number of benzene rings is 1. The summed E-state index contributed by atoms with van der Waals surface area (Å²) in [5, 5.41) is 3.40. The first kappa shape index (κ1) is 17.1. The molecule has 126 valence electrons. The van der Waals surface area contributed by atoms with Gasteiger partial charge in [0.05, 0.1) is 5.92 Å². The maximum absolute atomic E-state index is 12.9. The number of nitrogens with one attached hydrogen (secondary N) is 1. The molecule has 6 heteroatoms. The second-order valence-corrected chi connectivity index (χ2v) is 7.48. The van der Waals surface area contributed by atoms with Crippen LogP contribution in [0.3, 0.4) is 0 Å². The van der Waals surface area contributed by atoms with E-state index in [0.717, 1.165) is 51.4 Å². The number of piperazine rings is 1. The number of fused-ring (bicyclic) bond motifs is 1. The number of hydrogen-bond donors (Lipinski definition) is 1. The van der Waals surface area contributed by atoms with Crippen LogP contribution >= 0.6 is 24.2 Å². The molecule has 2 atom stereocenters. The zero-order chi connectivity index (χ0) is 14.9. The average Bonchev–Trinajstić information content (AvgIpc) is 3.22. The molecule has 3 heterocycles. The third-order valence-corrected chi connectivity index (χ3v) is 6.32. The molecule has 2 fully saturated rings. The Labute approximate surface area is 148 Å². The predicted molar refractivity (Wildman–Crippen MR) is 96.6 cm³/mol. The van der Waals surface area contributed by atoms with Gasteiger partial charge in [0.25, 0.3) is 0 Å². The van der Waals surface area contributed by atoms with Crippen molar-refractivity contribution in [1.29, 1.82) is 0 Å². The lowest BCUT2D eigenvalue weighted by Gasteiger charge is -2.32. The molecule has 4 nitrogen and oxygen atoms in total. The summed E-state index contributed by atoms with van der Waals surface area (Å²) in [6.45, 7) is 6.25. The van der Waals surface area contributed by atoms with Crippen LogP contribution in [0.15, 0.2) is 29.2 Å². The predicted octanol–water partition coefficient (Wildman–Crippen LogP) is 1.80. The molecule has 3 aliphatic rings. The summed E-state index contributed by atoms with van der Waals surface area (Å²) in [6, 6.07) is 8.95. The van der Waals surface area contributed by atoms with Crippen LogP contribution in [0.25, 0.3) is 0 Å². The Hall–Kier alpha value is -0.750. The van der Waals surface area contributed by atoms with Crippen LogP contribution in [0.1, 0.15) is 17.9 Å². The highest BCUT2D eigenvalue weighted by Crippen LogP contribution is 2.40. The average molecular weight is 354 g/mol. The maximum Gasteiger partial charge on any atom is 0.231 e. The summed E-state index contributed by atoms with van der Waals surface area (Å²) >= 11 is 1.83. The zero-order valence-electron chi connectivity index (χ0n) is 13.2. The van der Waals surface area contributed by atoms with E-state index >= 15 is 0 Å². The number of rotatable bonds is 2. The van der Waals surface area contributed by atoms with E-state index in [1.165, 1.54) is 10.5 Å². The summed E-state index contributed by atoms with van der Waals surface area (Å²) in [4.78, 5) is 18.9. The first-order valence-corrected chi connectivity index (χ1v) is 9.27. The molecular formula is C17H24ClN3OS. The van der Waals surface area contributed by atoms with E-state index in [0.29, 0.717) is 11.9 Å². The number of nitrogens with zero attached hydrogens (tertiary/aromatic N) is 2. The summed E-state index contributed by atoms with van der Waals surface area (Å²) in [5.41, 5.74) is 1.24. The third kappa shape index (κ3) is 3.38. The van der Waals surface area contributed by atoms with E-state index in [9.17, 15) is 4.79 Å². The van der Waals surface area contributed by atoms with Crippen molar-refractivity contribution in [3.63, 3.8) is 0 Å². The van der Waals surface area contributed by atoms with Gasteiger partial charge in [-0.3, -0.25) is 9.69 Å². The molecule has 0 spiro atoms. The van der Waals surface area contributed by atoms with Crippen LogP contribution in [-0.2, 0) is 4.79 Å². The Bertz CT molecular complexity index is 565. The van der Waals surface area contributed by atoms with Crippen molar-refractivity contribution >= 4 is 30.1 Å². The Balaban J connectivity index is 0.00000156. The van der Waals surface area contributed by atoms with E-state index in [4.69, 9.17) is 0 Å². The van der Waals surface area contributed by atoms with E-state index < -0.39 is 0 Å². The molecule has 1 aromatic carbocycles. The Morgan fingerprint density at radius 3 is 2.78 bits per heavy atom. The molecule has 0 aliphatic carbocycles. The van der Waals surface area contributed by atoms with Crippen LogP contribution in [0.2, 0.25) is 0 Å². The molecule has 0 bridgehead atoms. The van der Waals surface area contributed by atoms with Crippen LogP contribution in [0.4, 0.5) is 0 Å². The van der Waals surface area contributed by atoms with Crippen LogP contribution in [-0.4, -0.2) is 66.8 Å². The molecule has 1 N–H and O–H groups in total. The van der Waals surface area contributed by atoms with Gasteiger partial charge in [0.2, 0.25) is 5.91 Å². The molecule has 0 saturated carbocycles. The second-order valence-electron chi connectivity index (χ2n) is 6.41. The molecule has 23 heavy (non-hydrogen) atoms. The maximum atomic E-state index is 12.9. The topological polar surface area (TPSA) is 35.6 Å². The van der Waals surface area contributed by atoms with Crippen LogP contribution in [0, 0.1) is 0 Å². The Morgan fingerprint density at radius 2 is 1.96 bits per heavy atom. The highest BCUT2D eigenvalue weighted by atomic mass is 35.5. The minimum Gasteiger partial charge on any atom is -0.341 e. The van der Waals surface area contributed by atoms with Crippen LogP contribution in [0.5, 0.6) is 0 Å². The minimum absolute atomic E-state index is 0. The lowest BCUT2D eigenvalue weighted by atomic mass is 10.00. The Morgan fingerprint density at radius 1 is 1.17 bits per heavy atom. The van der Waals surface area contributed by atoms with E-state index in [1.807, 2.05) is 11.8 Å². The quantitative estimate of drug-likeness (QED) is 0.879. The van der Waals surface area contributed by atoms with Gasteiger partial charge in [-0.1, -0.05) is 18.2 Å². The van der Waals surface area contributed by atoms with Gasteiger partial charge >= 0.3 is 0 Å². The van der Waals surface area contributed by atoms with Gasteiger partial charge in [0, 0.05) is 56.0 Å². The number of amides is 1.